The van der Waals surface area contributed by atoms with Crippen molar-refractivity contribution in [2.75, 3.05) is 0 Å². The second-order valence-corrected chi connectivity index (χ2v) is 9.56. The minimum atomic E-state index is -1.26. The first kappa shape index (κ1) is 21.1. The van der Waals surface area contributed by atoms with Gasteiger partial charge < -0.3 is 14.9 Å². The third kappa shape index (κ3) is 3.22. The molecular weight excluding hydrogens is 404 g/mol. The Bertz CT molecular complexity index is 1090. The third-order valence-corrected chi connectivity index (χ3v) is 7.89. The Morgan fingerprint density at radius 3 is 2.69 bits per heavy atom. The Hall–Kier alpha value is -2.77. The standard InChI is InChI=1S/C25H30N4O3/c1-3-24-16-23(2,30)25(31,18-7-5-4-6-8-18)14-19(24)10-9-17-13-20(11-12-21(17)24)32-15-22-26-28-29-27-22/h4-8,11-13,19,30-31H,3,9-10,14-16H2,1-2H3,(H,26,27,28,29)/t19-,23-,24-,25-/m1/s1. The Kier molecular flexibility index (Phi) is 5.06. The average molecular weight is 435 g/mol. The van der Waals surface area contributed by atoms with Crippen molar-refractivity contribution in [3.8, 4) is 5.75 Å². The fourth-order valence-electron chi connectivity index (χ4n) is 6.19. The van der Waals surface area contributed by atoms with E-state index in [1.165, 1.54) is 11.1 Å². The molecule has 2 aliphatic carbocycles. The van der Waals surface area contributed by atoms with E-state index in [1.807, 2.05) is 36.4 Å². The van der Waals surface area contributed by atoms with E-state index in [0.29, 0.717) is 18.7 Å². The van der Waals surface area contributed by atoms with E-state index in [9.17, 15) is 10.2 Å². The highest BCUT2D eigenvalue weighted by Gasteiger charge is 2.60. The number of hydrogen-bond acceptors (Lipinski definition) is 6. The highest BCUT2D eigenvalue weighted by Crippen LogP contribution is 2.60. The number of hydrogen-bond donors (Lipinski definition) is 3. The summed E-state index contributed by atoms with van der Waals surface area (Å²) < 4.78 is 5.88. The molecule has 7 nitrogen and oxygen atoms in total. The van der Waals surface area contributed by atoms with Crippen LogP contribution in [0.5, 0.6) is 5.75 Å². The van der Waals surface area contributed by atoms with Crippen molar-refractivity contribution in [3.05, 3.63) is 71.0 Å². The molecule has 3 N–H and O–H groups in total. The minimum absolute atomic E-state index is 0.176. The maximum absolute atomic E-state index is 11.8. The van der Waals surface area contributed by atoms with Crippen LogP contribution in [0.25, 0.3) is 0 Å². The lowest BCUT2D eigenvalue weighted by Gasteiger charge is -2.59. The molecule has 32 heavy (non-hydrogen) atoms. The number of aryl methyl sites for hydroxylation is 1. The summed E-state index contributed by atoms with van der Waals surface area (Å²) in [5, 5.41) is 37.3. The number of tetrazole rings is 1. The molecule has 2 aromatic carbocycles. The van der Waals surface area contributed by atoms with Crippen LogP contribution in [-0.2, 0) is 24.0 Å². The summed E-state index contributed by atoms with van der Waals surface area (Å²) in [7, 11) is 0. The van der Waals surface area contributed by atoms with Gasteiger partial charge in [-0.3, -0.25) is 0 Å². The second-order valence-electron chi connectivity index (χ2n) is 9.56. The van der Waals surface area contributed by atoms with Crippen molar-refractivity contribution in [1.82, 2.24) is 20.6 Å². The smallest absolute Gasteiger partial charge is 0.211 e. The van der Waals surface area contributed by atoms with Gasteiger partial charge in [-0.05, 0) is 73.8 Å². The number of aromatic amines is 1. The Labute approximate surface area is 187 Å². The van der Waals surface area contributed by atoms with Crippen LogP contribution >= 0.6 is 0 Å². The summed E-state index contributed by atoms with van der Waals surface area (Å²) in [6.45, 7) is 4.26. The highest BCUT2D eigenvalue weighted by atomic mass is 16.5. The van der Waals surface area contributed by atoms with E-state index in [1.54, 1.807) is 6.92 Å². The molecule has 0 radical (unpaired) electrons. The maximum Gasteiger partial charge on any atom is 0.211 e. The van der Waals surface area contributed by atoms with Crippen LogP contribution in [0.3, 0.4) is 0 Å². The number of fused-ring (bicyclic) bond motifs is 3. The van der Waals surface area contributed by atoms with Gasteiger partial charge >= 0.3 is 0 Å². The van der Waals surface area contributed by atoms with Gasteiger partial charge in [-0.1, -0.05) is 48.5 Å². The molecule has 3 aromatic rings. The van der Waals surface area contributed by atoms with E-state index < -0.39 is 11.2 Å². The predicted molar refractivity (Wildman–Crippen MR) is 119 cm³/mol. The van der Waals surface area contributed by atoms with Gasteiger partial charge in [-0.15, -0.1) is 10.2 Å². The predicted octanol–water partition coefficient (Wildman–Crippen LogP) is 3.42. The molecule has 1 fully saturated rings. The third-order valence-electron chi connectivity index (χ3n) is 7.89. The van der Waals surface area contributed by atoms with E-state index in [0.717, 1.165) is 30.6 Å². The summed E-state index contributed by atoms with van der Waals surface area (Å²) in [6.07, 6.45) is 3.87. The molecule has 1 aromatic heterocycles. The maximum atomic E-state index is 11.8. The fraction of sp³-hybridized carbons (Fsp3) is 0.480. The van der Waals surface area contributed by atoms with Gasteiger partial charge in [0.05, 0.1) is 5.60 Å². The Morgan fingerprint density at radius 1 is 1.16 bits per heavy atom. The van der Waals surface area contributed by atoms with Gasteiger partial charge in [-0.25, -0.2) is 0 Å². The fourth-order valence-corrected chi connectivity index (χ4v) is 6.19. The lowest BCUT2D eigenvalue weighted by molar-refractivity contribution is -0.205. The molecular formula is C25H30N4O3. The topological polar surface area (TPSA) is 104 Å². The monoisotopic (exact) mass is 434 g/mol. The lowest BCUT2D eigenvalue weighted by atomic mass is 9.49. The highest BCUT2D eigenvalue weighted by molar-refractivity contribution is 5.45. The molecule has 7 heteroatoms. The number of nitrogens with one attached hydrogen (secondary N) is 1. The van der Waals surface area contributed by atoms with E-state index in [2.05, 4.69) is 39.7 Å². The Morgan fingerprint density at radius 2 is 1.97 bits per heavy atom. The number of ether oxygens (including phenoxy) is 1. The van der Waals surface area contributed by atoms with Gasteiger partial charge in [0.1, 0.15) is 11.4 Å². The largest absolute Gasteiger partial charge is 0.485 e. The van der Waals surface area contributed by atoms with Crippen molar-refractivity contribution < 1.29 is 14.9 Å². The van der Waals surface area contributed by atoms with Crippen molar-refractivity contribution in [1.29, 1.82) is 0 Å². The molecule has 0 saturated heterocycles. The van der Waals surface area contributed by atoms with Crippen LogP contribution in [0.4, 0.5) is 0 Å². The van der Waals surface area contributed by atoms with E-state index in [-0.39, 0.29) is 17.9 Å². The van der Waals surface area contributed by atoms with Crippen LogP contribution in [0.1, 0.15) is 62.0 Å². The number of aliphatic hydroxyl groups is 2. The number of H-pyrrole nitrogens is 1. The van der Waals surface area contributed by atoms with Gasteiger partial charge in [0, 0.05) is 5.41 Å². The molecule has 0 aliphatic heterocycles. The number of nitrogens with zero attached hydrogens (tertiary/aromatic N) is 3. The quantitative estimate of drug-likeness (QED) is 0.568. The SMILES string of the molecule is CC[C@@]12C[C@@](C)(O)[C@](O)(c3ccccc3)C[C@H]1CCc1cc(OCc3nn[nH]n3)ccc12. The van der Waals surface area contributed by atoms with Gasteiger partial charge in [0.25, 0.3) is 0 Å². The summed E-state index contributed by atoms with van der Waals surface area (Å²) in [6, 6.07) is 15.9. The first-order valence-corrected chi connectivity index (χ1v) is 11.4. The summed E-state index contributed by atoms with van der Waals surface area (Å²) in [5.74, 6) is 1.58. The van der Waals surface area contributed by atoms with Gasteiger partial charge in [0.2, 0.25) is 5.82 Å². The van der Waals surface area contributed by atoms with Crippen LogP contribution in [0.15, 0.2) is 48.5 Å². The molecule has 5 rings (SSSR count). The number of benzene rings is 2. The second kappa shape index (κ2) is 7.67. The molecule has 1 heterocycles. The molecule has 4 atom stereocenters. The number of aromatic nitrogens is 4. The first-order valence-electron chi connectivity index (χ1n) is 11.4. The zero-order chi connectivity index (χ0) is 22.4. The molecule has 168 valence electrons. The summed E-state index contributed by atoms with van der Waals surface area (Å²) in [5.41, 5.74) is 0.648. The Balaban J connectivity index is 1.47. The van der Waals surface area contributed by atoms with Crippen LogP contribution < -0.4 is 4.74 Å². The van der Waals surface area contributed by atoms with Crippen LogP contribution in [0, 0.1) is 5.92 Å². The zero-order valence-electron chi connectivity index (χ0n) is 18.6. The van der Waals surface area contributed by atoms with E-state index in [4.69, 9.17) is 4.74 Å². The van der Waals surface area contributed by atoms with Crippen molar-refractivity contribution in [2.24, 2.45) is 5.92 Å². The van der Waals surface area contributed by atoms with Crippen molar-refractivity contribution in [3.63, 3.8) is 0 Å². The van der Waals surface area contributed by atoms with E-state index >= 15 is 0 Å². The normalized spacial score (nSPS) is 31.6. The van der Waals surface area contributed by atoms with Crippen molar-refractivity contribution >= 4 is 0 Å². The molecule has 0 spiro atoms. The molecule has 0 unspecified atom stereocenters. The van der Waals surface area contributed by atoms with Gasteiger partial charge in [-0.2, -0.15) is 5.21 Å². The summed E-state index contributed by atoms with van der Waals surface area (Å²) >= 11 is 0. The zero-order valence-corrected chi connectivity index (χ0v) is 18.6. The molecule has 1 saturated carbocycles. The van der Waals surface area contributed by atoms with Crippen LogP contribution in [-0.4, -0.2) is 36.4 Å². The lowest BCUT2D eigenvalue weighted by Crippen LogP contribution is -2.62. The molecule has 0 amide bonds. The van der Waals surface area contributed by atoms with Crippen LogP contribution in [0.2, 0.25) is 0 Å². The van der Waals surface area contributed by atoms with Gasteiger partial charge in [0.15, 0.2) is 6.61 Å². The minimum Gasteiger partial charge on any atom is -0.485 e. The first-order chi connectivity index (χ1) is 15.4. The molecule has 0 bridgehead atoms. The average Bonchev–Trinajstić information content (AvgIpc) is 3.32. The van der Waals surface area contributed by atoms with Crippen molar-refractivity contribution in [2.45, 2.75) is 69.2 Å². The summed E-state index contributed by atoms with van der Waals surface area (Å²) in [4.78, 5) is 0. The number of rotatable bonds is 5. The molecule has 2 aliphatic rings.